The molecule has 1 saturated carbocycles. The second-order valence-corrected chi connectivity index (χ2v) is 5.77. The Hall–Kier alpha value is -0.280. The predicted molar refractivity (Wildman–Crippen MR) is 68.2 cm³/mol. The van der Waals surface area contributed by atoms with Crippen molar-refractivity contribution in [3.63, 3.8) is 0 Å². The molecule has 0 spiro atoms. The minimum atomic E-state index is -0.137. The molecule has 0 bridgehead atoms. The third-order valence-electron chi connectivity index (χ3n) is 4.33. The summed E-state index contributed by atoms with van der Waals surface area (Å²) in [6.07, 6.45) is 5.97. The Morgan fingerprint density at radius 1 is 1.53 bits per heavy atom. The standard InChI is InChI=1S/C13H22ClNO2/c1-17-13(5-2-6-13)9-12(16)15-8-4-11(10-15)3-7-14/h11H,2-10H2,1H3. The quantitative estimate of drug-likeness (QED) is 0.710. The van der Waals surface area contributed by atoms with Crippen molar-refractivity contribution >= 4 is 17.5 Å². The molecule has 2 rings (SSSR count). The predicted octanol–water partition coefficient (Wildman–Crippen LogP) is 2.42. The number of hydrogen-bond donors (Lipinski definition) is 0. The smallest absolute Gasteiger partial charge is 0.225 e. The van der Waals surface area contributed by atoms with Gasteiger partial charge in [-0.1, -0.05) is 0 Å². The zero-order chi connectivity index (χ0) is 12.3. The molecule has 4 heteroatoms. The molecule has 0 aromatic carbocycles. The lowest BCUT2D eigenvalue weighted by Crippen LogP contribution is -2.44. The van der Waals surface area contributed by atoms with Gasteiger partial charge in [-0.05, 0) is 38.0 Å². The number of carbonyl (C=O) groups is 1. The van der Waals surface area contributed by atoms with E-state index in [4.69, 9.17) is 16.3 Å². The van der Waals surface area contributed by atoms with Gasteiger partial charge in [-0.25, -0.2) is 0 Å². The van der Waals surface area contributed by atoms with E-state index in [-0.39, 0.29) is 11.5 Å². The van der Waals surface area contributed by atoms with Gasteiger partial charge in [0.1, 0.15) is 0 Å². The largest absolute Gasteiger partial charge is 0.378 e. The summed E-state index contributed by atoms with van der Waals surface area (Å²) in [5.74, 6) is 1.58. The van der Waals surface area contributed by atoms with E-state index in [0.717, 1.165) is 38.8 Å². The molecule has 3 nitrogen and oxygen atoms in total. The summed E-state index contributed by atoms with van der Waals surface area (Å²) < 4.78 is 5.51. The zero-order valence-corrected chi connectivity index (χ0v) is 11.3. The maximum Gasteiger partial charge on any atom is 0.225 e. The van der Waals surface area contributed by atoms with Crippen molar-refractivity contribution in [3.05, 3.63) is 0 Å². The van der Waals surface area contributed by atoms with Gasteiger partial charge in [0.2, 0.25) is 5.91 Å². The van der Waals surface area contributed by atoms with Crippen LogP contribution >= 0.6 is 11.6 Å². The molecule has 17 heavy (non-hydrogen) atoms. The summed E-state index contributed by atoms with van der Waals surface area (Å²) in [6, 6.07) is 0. The van der Waals surface area contributed by atoms with Crippen LogP contribution in [0.3, 0.4) is 0 Å². The van der Waals surface area contributed by atoms with E-state index in [9.17, 15) is 4.79 Å². The van der Waals surface area contributed by atoms with Crippen LogP contribution in [0.2, 0.25) is 0 Å². The van der Waals surface area contributed by atoms with Gasteiger partial charge in [0.05, 0.1) is 12.0 Å². The number of rotatable bonds is 5. The fourth-order valence-electron chi connectivity index (χ4n) is 2.86. The number of carbonyl (C=O) groups excluding carboxylic acids is 1. The van der Waals surface area contributed by atoms with E-state index in [2.05, 4.69) is 0 Å². The summed E-state index contributed by atoms with van der Waals surface area (Å²) in [6.45, 7) is 1.80. The average Bonchev–Trinajstić information content (AvgIpc) is 2.72. The highest BCUT2D eigenvalue weighted by Crippen LogP contribution is 2.38. The number of halogens is 1. The van der Waals surface area contributed by atoms with Crippen LogP contribution < -0.4 is 0 Å². The minimum Gasteiger partial charge on any atom is -0.378 e. The first kappa shape index (κ1) is 13.2. The van der Waals surface area contributed by atoms with Crippen LogP contribution in [0.1, 0.15) is 38.5 Å². The van der Waals surface area contributed by atoms with Crippen molar-refractivity contribution in [2.45, 2.75) is 44.1 Å². The second kappa shape index (κ2) is 5.57. The maximum atomic E-state index is 12.2. The lowest BCUT2D eigenvalue weighted by atomic mass is 9.77. The molecule has 1 atom stereocenters. The van der Waals surface area contributed by atoms with Gasteiger partial charge >= 0.3 is 0 Å². The summed E-state index contributed by atoms with van der Waals surface area (Å²) in [5, 5.41) is 0. The van der Waals surface area contributed by atoms with Gasteiger partial charge in [0, 0.05) is 26.1 Å². The summed E-state index contributed by atoms with van der Waals surface area (Å²) in [5.41, 5.74) is -0.137. The van der Waals surface area contributed by atoms with Crippen molar-refractivity contribution in [1.29, 1.82) is 0 Å². The van der Waals surface area contributed by atoms with Crippen molar-refractivity contribution < 1.29 is 9.53 Å². The van der Waals surface area contributed by atoms with Gasteiger partial charge in [0.15, 0.2) is 0 Å². The monoisotopic (exact) mass is 259 g/mol. The van der Waals surface area contributed by atoms with Gasteiger partial charge in [-0.2, -0.15) is 0 Å². The number of hydrogen-bond acceptors (Lipinski definition) is 2. The number of methoxy groups -OCH3 is 1. The molecule has 98 valence electrons. The first-order chi connectivity index (χ1) is 8.19. The number of alkyl halides is 1. The molecule has 0 N–H and O–H groups in total. The highest BCUT2D eigenvalue weighted by Gasteiger charge is 2.40. The fraction of sp³-hybridized carbons (Fsp3) is 0.923. The molecule has 0 radical (unpaired) electrons. The Bertz CT molecular complexity index is 273. The van der Waals surface area contributed by atoms with E-state index >= 15 is 0 Å². The van der Waals surface area contributed by atoms with Crippen molar-refractivity contribution in [1.82, 2.24) is 4.90 Å². The molecule has 1 unspecified atom stereocenters. The highest BCUT2D eigenvalue weighted by molar-refractivity contribution is 6.17. The van der Waals surface area contributed by atoms with Crippen LogP contribution in [0.15, 0.2) is 0 Å². The van der Waals surface area contributed by atoms with Gasteiger partial charge < -0.3 is 9.64 Å². The average molecular weight is 260 g/mol. The molecule has 1 amide bonds. The Labute approximate surface area is 108 Å². The Morgan fingerprint density at radius 3 is 2.82 bits per heavy atom. The molecule has 0 aromatic rings. The maximum absolute atomic E-state index is 12.2. The van der Waals surface area contributed by atoms with Crippen LogP contribution in [-0.2, 0) is 9.53 Å². The number of amides is 1. The molecule has 1 aliphatic carbocycles. The normalized spacial score (nSPS) is 26.9. The molecule has 1 aliphatic heterocycles. The Morgan fingerprint density at radius 2 is 2.29 bits per heavy atom. The Kier molecular flexibility index (Phi) is 4.31. The van der Waals surface area contributed by atoms with Crippen LogP contribution in [-0.4, -0.2) is 42.5 Å². The van der Waals surface area contributed by atoms with Gasteiger partial charge in [0.25, 0.3) is 0 Å². The molecule has 1 saturated heterocycles. The third-order valence-corrected chi connectivity index (χ3v) is 4.55. The molecule has 2 fully saturated rings. The third kappa shape index (κ3) is 2.94. The van der Waals surface area contributed by atoms with Crippen LogP contribution in [0.4, 0.5) is 0 Å². The first-order valence-corrected chi connectivity index (χ1v) is 7.11. The van der Waals surface area contributed by atoms with Crippen molar-refractivity contribution in [2.75, 3.05) is 26.1 Å². The van der Waals surface area contributed by atoms with E-state index in [1.54, 1.807) is 7.11 Å². The van der Waals surface area contributed by atoms with Crippen LogP contribution in [0.25, 0.3) is 0 Å². The summed E-state index contributed by atoms with van der Waals surface area (Å²) in [7, 11) is 1.73. The number of nitrogens with zero attached hydrogens (tertiary/aromatic N) is 1. The molecular weight excluding hydrogens is 238 g/mol. The summed E-state index contributed by atoms with van der Waals surface area (Å²) in [4.78, 5) is 14.2. The fourth-order valence-corrected chi connectivity index (χ4v) is 3.17. The van der Waals surface area contributed by atoms with Crippen molar-refractivity contribution in [3.8, 4) is 0 Å². The lowest BCUT2D eigenvalue weighted by molar-refractivity contribution is -0.143. The first-order valence-electron chi connectivity index (χ1n) is 6.58. The van der Waals surface area contributed by atoms with Crippen molar-refractivity contribution in [2.24, 2.45) is 5.92 Å². The number of ether oxygens (including phenoxy) is 1. The Balaban J connectivity index is 1.81. The highest BCUT2D eigenvalue weighted by atomic mass is 35.5. The lowest BCUT2D eigenvalue weighted by Gasteiger charge is -2.40. The van der Waals surface area contributed by atoms with E-state index in [1.165, 1.54) is 6.42 Å². The van der Waals surface area contributed by atoms with Gasteiger partial charge in [-0.15, -0.1) is 11.6 Å². The molecule has 1 heterocycles. The number of likely N-dealkylation sites (tertiary alicyclic amines) is 1. The van der Waals surface area contributed by atoms with E-state index in [0.29, 0.717) is 18.2 Å². The molecular formula is C13H22ClNO2. The second-order valence-electron chi connectivity index (χ2n) is 5.39. The van der Waals surface area contributed by atoms with Gasteiger partial charge in [-0.3, -0.25) is 4.79 Å². The summed E-state index contributed by atoms with van der Waals surface area (Å²) >= 11 is 5.75. The SMILES string of the molecule is COC1(CC(=O)N2CCC(CCCl)C2)CCC1. The minimum absolute atomic E-state index is 0.137. The van der Waals surface area contributed by atoms with E-state index < -0.39 is 0 Å². The molecule has 2 aliphatic rings. The zero-order valence-electron chi connectivity index (χ0n) is 10.6. The van der Waals surface area contributed by atoms with E-state index in [1.807, 2.05) is 4.90 Å². The van der Waals surface area contributed by atoms with Crippen LogP contribution in [0, 0.1) is 5.92 Å². The topological polar surface area (TPSA) is 29.5 Å². The van der Waals surface area contributed by atoms with Crippen LogP contribution in [0.5, 0.6) is 0 Å². The molecule has 0 aromatic heterocycles.